The molecule has 3 heterocycles. The second kappa shape index (κ2) is 8.22. The van der Waals surface area contributed by atoms with Crippen LogP contribution in [0.25, 0.3) is 21.3 Å². The van der Waals surface area contributed by atoms with E-state index < -0.39 is 40.0 Å². The van der Waals surface area contributed by atoms with Crippen LogP contribution in [0.2, 0.25) is 0 Å². The lowest BCUT2D eigenvalue weighted by Gasteiger charge is -2.12. The number of fused-ring (bicyclic) bond motifs is 1. The molecule has 0 spiro atoms. The molecule has 0 saturated carbocycles. The van der Waals surface area contributed by atoms with Gasteiger partial charge in [0.05, 0.1) is 10.6 Å². The Morgan fingerprint density at radius 2 is 1.91 bits per heavy atom. The lowest BCUT2D eigenvalue weighted by atomic mass is 10.0. The summed E-state index contributed by atoms with van der Waals surface area (Å²) in [5.41, 5.74) is 3.26. The van der Waals surface area contributed by atoms with E-state index in [0.29, 0.717) is 16.9 Å². The summed E-state index contributed by atoms with van der Waals surface area (Å²) in [4.78, 5) is 38.7. The first-order chi connectivity index (χ1) is 16.0. The van der Waals surface area contributed by atoms with Gasteiger partial charge in [0.25, 0.3) is 11.8 Å². The molecule has 0 aliphatic heterocycles. The minimum atomic E-state index is -4.79. The highest BCUT2D eigenvalue weighted by molar-refractivity contribution is 7.21. The number of carbonyl (C=O) groups is 2. The van der Waals surface area contributed by atoms with Crippen LogP contribution in [0.15, 0.2) is 42.6 Å². The number of primary amides is 1. The molecule has 0 radical (unpaired) electrons. The molecule has 174 valence electrons. The summed E-state index contributed by atoms with van der Waals surface area (Å²) in [5.74, 6) is -2.07. The fourth-order valence-corrected chi connectivity index (χ4v) is 4.33. The fraction of sp³-hybridized carbons (Fsp3) is 0.100. The van der Waals surface area contributed by atoms with E-state index in [1.54, 1.807) is 30.3 Å². The molecular weight excluding hydrogens is 477 g/mol. The maximum absolute atomic E-state index is 13.5. The third-order valence-electron chi connectivity index (χ3n) is 4.72. The predicted molar refractivity (Wildman–Crippen MR) is 116 cm³/mol. The second-order valence-corrected chi connectivity index (χ2v) is 8.02. The van der Waals surface area contributed by atoms with Crippen molar-refractivity contribution in [2.24, 2.45) is 12.8 Å². The van der Waals surface area contributed by atoms with Crippen LogP contribution in [0.5, 0.6) is 0 Å². The summed E-state index contributed by atoms with van der Waals surface area (Å²) in [6.07, 6.45) is -3.77. The van der Waals surface area contributed by atoms with Crippen molar-refractivity contribution in [2.45, 2.75) is 6.18 Å². The third kappa shape index (κ3) is 4.05. The van der Waals surface area contributed by atoms with E-state index >= 15 is 0 Å². The van der Waals surface area contributed by atoms with Gasteiger partial charge < -0.3 is 11.1 Å². The SMILES string of the molecule is Cn1cc([N+](=O)[O-])c(C(=O)Nc2c(C(N)=O)sc3nc(C(F)(F)F)cc(-c4ccccc4)c23)n1. The molecule has 4 aromatic rings. The maximum atomic E-state index is 13.5. The topological polar surface area (TPSA) is 146 Å². The van der Waals surface area contributed by atoms with E-state index in [1.807, 2.05) is 0 Å². The number of pyridine rings is 1. The summed E-state index contributed by atoms with van der Waals surface area (Å²) < 4.78 is 41.7. The van der Waals surface area contributed by atoms with Crippen molar-refractivity contribution in [3.8, 4) is 11.1 Å². The molecule has 4 rings (SSSR count). The Bertz CT molecular complexity index is 1460. The number of anilines is 1. The average molecular weight is 490 g/mol. The first-order valence-electron chi connectivity index (χ1n) is 9.36. The van der Waals surface area contributed by atoms with Gasteiger partial charge in [-0.3, -0.25) is 24.4 Å². The number of nitrogens with one attached hydrogen (secondary N) is 1. The molecular formula is C20H13F3N6O4S. The van der Waals surface area contributed by atoms with Gasteiger partial charge in [0.15, 0.2) is 0 Å². The van der Waals surface area contributed by atoms with Crippen LogP contribution in [0.3, 0.4) is 0 Å². The molecule has 10 nitrogen and oxygen atoms in total. The molecule has 0 atom stereocenters. The Balaban J connectivity index is 1.98. The van der Waals surface area contributed by atoms with Gasteiger partial charge in [-0.15, -0.1) is 11.3 Å². The van der Waals surface area contributed by atoms with Crippen LogP contribution in [-0.4, -0.2) is 31.5 Å². The van der Waals surface area contributed by atoms with E-state index in [9.17, 15) is 32.9 Å². The summed E-state index contributed by atoms with van der Waals surface area (Å²) in [7, 11) is 1.37. The van der Waals surface area contributed by atoms with E-state index in [1.165, 1.54) is 7.05 Å². The number of aromatic nitrogens is 3. The van der Waals surface area contributed by atoms with Crippen LogP contribution >= 0.6 is 11.3 Å². The fourth-order valence-electron chi connectivity index (χ4n) is 3.33. The summed E-state index contributed by atoms with van der Waals surface area (Å²) in [6, 6.07) is 8.76. The summed E-state index contributed by atoms with van der Waals surface area (Å²) in [5, 5.41) is 17.5. The van der Waals surface area contributed by atoms with Crippen molar-refractivity contribution in [2.75, 3.05) is 5.32 Å². The molecule has 0 unspecified atom stereocenters. The number of halogens is 3. The van der Waals surface area contributed by atoms with Crippen LogP contribution in [0, 0.1) is 10.1 Å². The number of aryl methyl sites for hydroxylation is 1. The number of thiophene rings is 1. The van der Waals surface area contributed by atoms with Crippen molar-refractivity contribution in [1.82, 2.24) is 14.8 Å². The number of hydrogen-bond donors (Lipinski definition) is 2. The number of rotatable bonds is 5. The highest BCUT2D eigenvalue weighted by Crippen LogP contribution is 2.43. The number of hydrogen-bond acceptors (Lipinski definition) is 7. The number of nitro groups is 1. The predicted octanol–water partition coefficient (Wildman–Crippen LogP) is 3.98. The highest BCUT2D eigenvalue weighted by Gasteiger charge is 2.35. The molecule has 0 aliphatic carbocycles. The van der Waals surface area contributed by atoms with Crippen molar-refractivity contribution >= 4 is 44.7 Å². The number of carbonyl (C=O) groups excluding carboxylic acids is 2. The standard InChI is InChI=1S/C20H13F3N6O4S/c1-28-8-11(29(32)33)14(27-28)18(31)26-15-13-10(9-5-3-2-4-6-9)7-12(20(21,22)23)25-19(13)34-16(15)17(24)30/h2-8H,1H3,(H2,24,30)(H,26,31). The molecule has 14 heteroatoms. The maximum Gasteiger partial charge on any atom is 0.433 e. The zero-order valence-corrected chi connectivity index (χ0v) is 17.9. The molecule has 1 aromatic carbocycles. The minimum Gasteiger partial charge on any atom is -0.365 e. The molecule has 2 amide bonds. The van der Waals surface area contributed by atoms with Crippen LogP contribution in [0.4, 0.5) is 24.5 Å². The zero-order chi connectivity index (χ0) is 24.8. The van der Waals surface area contributed by atoms with Gasteiger partial charge >= 0.3 is 11.9 Å². The van der Waals surface area contributed by atoms with E-state index in [0.717, 1.165) is 16.9 Å². The average Bonchev–Trinajstić information content (AvgIpc) is 3.34. The van der Waals surface area contributed by atoms with Crippen LogP contribution < -0.4 is 11.1 Å². The lowest BCUT2D eigenvalue weighted by molar-refractivity contribution is -0.385. The molecule has 0 bridgehead atoms. The Kier molecular flexibility index (Phi) is 5.53. The molecule has 3 aromatic heterocycles. The Labute approximate surface area is 192 Å². The van der Waals surface area contributed by atoms with Crippen molar-refractivity contribution in [1.29, 1.82) is 0 Å². The molecule has 0 fully saturated rings. The second-order valence-electron chi connectivity index (χ2n) is 7.02. The molecule has 0 aliphatic rings. The van der Waals surface area contributed by atoms with Gasteiger partial charge in [-0.05, 0) is 17.2 Å². The van der Waals surface area contributed by atoms with Gasteiger partial charge in [-0.1, -0.05) is 30.3 Å². The third-order valence-corrected chi connectivity index (χ3v) is 5.82. The van der Waals surface area contributed by atoms with Crippen molar-refractivity contribution in [3.63, 3.8) is 0 Å². The number of alkyl halides is 3. The number of nitrogens with two attached hydrogens (primary N) is 1. The van der Waals surface area contributed by atoms with Crippen LogP contribution in [-0.2, 0) is 13.2 Å². The van der Waals surface area contributed by atoms with Gasteiger partial charge in [-0.2, -0.15) is 18.3 Å². The number of nitrogens with zero attached hydrogens (tertiary/aromatic N) is 4. The summed E-state index contributed by atoms with van der Waals surface area (Å²) >= 11 is 0.564. The van der Waals surface area contributed by atoms with Gasteiger partial charge in [0.1, 0.15) is 21.6 Å². The lowest BCUT2D eigenvalue weighted by Crippen LogP contribution is -2.18. The first-order valence-corrected chi connectivity index (χ1v) is 10.2. The van der Waals surface area contributed by atoms with E-state index in [4.69, 9.17) is 5.73 Å². The molecule has 34 heavy (non-hydrogen) atoms. The highest BCUT2D eigenvalue weighted by atomic mass is 32.1. The minimum absolute atomic E-state index is 0.0323. The number of amides is 2. The smallest absolute Gasteiger partial charge is 0.365 e. The Morgan fingerprint density at radius 3 is 2.50 bits per heavy atom. The molecule has 0 saturated heterocycles. The Morgan fingerprint density at radius 1 is 1.24 bits per heavy atom. The quantitative estimate of drug-likeness (QED) is 0.320. The zero-order valence-electron chi connectivity index (χ0n) is 17.1. The largest absolute Gasteiger partial charge is 0.433 e. The Hall–Kier alpha value is -4.33. The normalized spacial score (nSPS) is 11.5. The number of benzene rings is 1. The van der Waals surface area contributed by atoms with Crippen molar-refractivity contribution < 1.29 is 27.7 Å². The van der Waals surface area contributed by atoms with Gasteiger partial charge in [-0.25, -0.2) is 4.98 Å². The van der Waals surface area contributed by atoms with Crippen molar-refractivity contribution in [3.05, 3.63) is 69.0 Å². The van der Waals surface area contributed by atoms with E-state index in [-0.39, 0.29) is 26.3 Å². The monoisotopic (exact) mass is 490 g/mol. The van der Waals surface area contributed by atoms with Gasteiger partial charge in [0, 0.05) is 12.4 Å². The first kappa shape index (κ1) is 22.8. The van der Waals surface area contributed by atoms with Gasteiger partial charge in [0.2, 0.25) is 5.69 Å². The van der Waals surface area contributed by atoms with Crippen LogP contribution in [0.1, 0.15) is 25.9 Å². The van der Waals surface area contributed by atoms with E-state index in [2.05, 4.69) is 15.4 Å². The molecule has 3 N–H and O–H groups in total. The summed E-state index contributed by atoms with van der Waals surface area (Å²) in [6.45, 7) is 0.